The van der Waals surface area contributed by atoms with Gasteiger partial charge in [-0.3, -0.25) is 20.0 Å². The summed E-state index contributed by atoms with van der Waals surface area (Å²) < 4.78 is 15.6. The van der Waals surface area contributed by atoms with E-state index in [4.69, 9.17) is 0 Å². The Balaban J connectivity index is 1.80. The third-order valence-corrected chi connectivity index (χ3v) is 5.95. The molecule has 148 valence electrons. The van der Waals surface area contributed by atoms with Gasteiger partial charge in [0.15, 0.2) is 0 Å². The second-order valence-electron chi connectivity index (χ2n) is 8.11. The highest BCUT2D eigenvalue weighted by Crippen LogP contribution is 2.45. The largest absolute Gasteiger partial charge is 0.384 e. The molecule has 0 unspecified atom stereocenters. The lowest BCUT2D eigenvalue weighted by Gasteiger charge is -2.47. The minimum atomic E-state index is -1.32. The molecule has 8 heteroatoms. The van der Waals surface area contributed by atoms with Crippen LogP contribution < -0.4 is 15.5 Å². The van der Waals surface area contributed by atoms with Crippen LogP contribution in [0.15, 0.2) is 24.4 Å². The highest BCUT2D eigenvalue weighted by molar-refractivity contribution is 6.06. The van der Waals surface area contributed by atoms with E-state index in [1.54, 1.807) is 18.2 Å². The van der Waals surface area contributed by atoms with Gasteiger partial charge in [0.2, 0.25) is 5.91 Å². The number of aromatic nitrogens is 1. The molecule has 2 aromatic rings. The van der Waals surface area contributed by atoms with Crippen LogP contribution in [-0.2, 0) is 10.4 Å². The molecule has 3 amide bonds. The Morgan fingerprint density at radius 3 is 2.79 bits per heavy atom. The number of carbonyl (C=O) groups excluding carboxylic acids is 2. The molecule has 2 saturated heterocycles. The number of piperidine rings is 1. The van der Waals surface area contributed by atoms with Gasteiger partial charge in [-0.25, -0.2) is 9.18 Å². The molecule has 7 nitrogen and oxygen atoms in total. The molecule has 1 aromatic heterocycles. The summed E-state index contributed by atoms with van der Waals surface area (Å²) in [7, 11) is 0. The molecule has 2 fully saturated rings. The van der Waals surface area contributed by atoms with Crippen molar-refractivity contribution in [3.8, 4) is 0 Å². The summed E-state index contributed by atoms with van der Waals surface area (Å²) in [5.74, 6) is -0.864. The second kappa shape index (κ2) is 6.49. The fourth-order valence-electron chi connectivity index (χ4n) is 4.08. The summed E-state index contributed by atoms with van der Waals surface area (Å²) >= 11 is 0. The lowest BCUT2D eigenvalue weighted by Crippen LogP contribution is -2.54. The van der Waals surface area contributed by atoms with Crippen LogP contribution in [0.3, 0.4) is 0 Å². The molecule has 0 saturated carbocycles. The fourth-order valence-corrected chi connectivity index (χ4v) is 4.08. The predicted molar refractivity (Wildman–Crippen MR) is 102 cm³/mol. The van der Waals surface area contributed by atoms with Crippen molar-refractivity contribution in [2.24, 2.45) is 5.41 Å². The van der Waals surface area contributed by atoms with Crippen LogP contribution in [0.2, 0.25) is 0 Å². The van der Waals surface area contributed by atoms with Gasteiger partial charge in [0.25, 0.3) is 0 Å². The zero-order chi connectivity index (χ0) is 20.1. The Labute approximate surface area is 161 Å². The van der Waals surface area contributed by atoms with Gasteiger partial charge in [-0.15, -0.1) is 0 Å². The van der Waals surface area contributed by atoms with Crippen LogP contribution in [-0.4, -0.2) is 41.7 Å². The number of fused-ring (bicyclic) bond motifs is 1. The van der Waals surface area contributed by atoms with Crippen molar-refractivity contribution in [1.29, 1.82) is 0 Å². The average Bonchev–Trinajstić information content (AvgIpc) is 2.64. The first-order chi connectivity index (χ1) is 13.2. The molecule has 1 aromatic carbocycles. The van der Waals surface area contributed by atoms with E-state index in [2.05, 4.69) is 15.6 Å². The van der Waals surface area contributed by atoms with E-state index in [1.165, 1.54) is 11.1 Å². The molecular weight excluding hydrogens is 363 g/mol. The highest BCUT2D eigenvalue weighted by atomic mass is 19.1. The summed E-state index contributed by atoms with van der Waals surface area (Å²) in [5, 5.41) is 17.1. The zero-order valence-corrected chi connectivity index (χ0v) is 15.9. The number of nitrogens with zero attached hydrogens (tertiary/aromatic N) is 2. The molecule has 0 radical (unpaired) electrons. The van der Waals surface area contributed by atoms with Crippen LogP contribution >= 0.6 is 0 Å². The molecule has 2 aliphatic rings. The number of aliphatic hydroxyl groups is 1. The van der Waals surface area contributed by atoms with Gasteiger partial charge in [0, 0.05) is 35.9 Å². The van der Waals surface area contributed by atoms with E-state index in [9.17, 15) is 14.7 Å². The Morgan fingerprint density at radius 1 is 1.29 bits per heavy atom. The number of urea groups is 1. The number of imide groups is 1. The average molecular weight is 386 g/mol. The lowest BCUT2D eigenvalue weighted by molar-refractivity contribution is -0.120. The number of benzene rings is 1. The molecule has 0 bridgehead atoms. The van der Waals surface area contributed by atoms with Gasteiger partial charge in [-0.05, 0) is 25.1 Å². The van der Waals surface area contributed by atoms with Gasteiger partial charge < -0.3 is 10.4 Å². The Kier molecular flexibility index (Phi) is 4.35. The summed E-state index contributed by atoms with van der Waals surface area (Å²) in [6.45, 7) is 5.19. The van der Waals surface area contributed by atoms with E-state index < -0.39 is 22.9 Å². The van der Waals surface area contributed by atoms with E-state index in [1.807, 2.05) is 13.8 Å². The molecule has 0 aliphatic carbocycles. The maximum atomic E-state index is 15.6. The van der Waals surface area contributed by atoms with Crippen LogP contribution in [0.1, 0.15) is 32.3 Å². The topological polar surface area (TPSA) is 94.6 Å². The highest BCUT2D eigenvalue weighted by Gasteiger charge is 2.48. The third kappa shape index (κ3) is 2.84. The smallest absolute Gasteiger partial charge is 0.328 e. The van der Waals surface area contributed by atoms with Crippen LogP contribution in [0.5, 0.6) is 0 Å². The minimum Gasteiger partial charge on any atom is -0.384 e. The molecule has 28 heavy (non-hydrogen) atoms. The number of anilines is 1. The lowest BCUT2D eigenvalue weighted by atomic mass is 9.67. The Morgan fingerprint density at radius 2 is 2.07 bits per heavy atom. The predicted octanol–water partition coefficient (Wildman–Crippen LogP) is 2.03. The Bertz CT molecular complexity index is 977. The number of halogens is 1. The number of pyridine rings is 1. The van der Waals surface area contributed by atoms with Gasteiger partial charge >= 0.3 is 6.03 Å². The molecule has 1 atom stereocenters. The first-order valence-electron chi connectivity index (χ1n) is 9.36. The molecule has 0 spiro atoms. The normalized spacial score (nSPS) is 25.1. The first-order valence-corrected chi connectivity index (χ1v) is 9.36. The monoisotopic (exact) mass is 386 g/mol. The van der Waals surface area contributed by atoms with Gasteiger partial charge in [0.05, 0.1) is 23.0 Å². The number of hydrogen-bond donors (Lipinski definition) is 3. The quantitative estimate of drug-likeness (QED) is 0.734. The van der Waals surface area contributed by atoms with Crippen molar-refractivity contribution in [1.82, 2.24) is 15.6 Å². The summed E-state index contributed by atoms with van der Waals surface area (Å²) in [6.07, 6.45) is 2.05. The summed E-state index contributed by atoms with van der Waals surface area (Å²) in [6, 6.07) is 4.29. The van der Waals surface area contributed by atoms with Crippen molar-refractivity contribution in [3.63, 3.8) is 0 Å². The summed E-state index contributed by atoms with van der Waals surface area (Å²) in [5.41, 5.74) is -0.790. The standard InChI is InChI=1S/C20H23FN4O3/c1-19(2)11-22-7-6-20(19,28)14-3-4-15-13(17(14)21)9-12(10-23-15)25-8-5-16(26)24-18(25)27/h3-4,9-10,22,28H,5-8,11H2,1-2H3,(H,24,26,27)/t20-/m0/s1. The van der Waals surface area contributed by atoms with E-state index >= 15 is 4.39 Å². The number of rotatable bonds is 2. The van der Waals surface area contributed by atoms with Crippen molar-refractivity contribution >= 4 is 28.5 Å². The van der Waals surface area contributed by atoms with Crippen molar-refractivity contribution in [2.75, 3.05) is 24.5 Å². The van der Waals surface area contributed by atoms with Crippen LogP contribution in [0, 0.1) is 11.2 Å². The molecule has 4 rings (SSSR count). The SMILES string of the molecule is CC1(C)CNCC[C@]1(O)c1ccc2ncc(N3CCC(=O)NC3=O)cc2c1F. The molecule has 3 N–H and O–H groups in total. The van der Waals surface area contributed by atoms with Gasteiger partial charge in [-0.2, -0.15) is 0 Å². The van der Waals surface area contributed by atoms with Crippen molar-refractivity contribution in [2.45, 2.75) is 32.3 Å². The summed E-state index contributed by atoms with van der Waals surface area (Å²) in [4.78, 5) is 29.1. The number of hydrogen-bond acceptors (Lipinski definition) is 5. The van der Waals surface area contributed by atoms with E-state index in [-0.39, 0.29) is 29.8 Å². The number of nitrogens with one attached hydrogen (secondary N) is 2. The van der Waals surface area contributed by atoms with Crippen molar-refractivity contribution in [3.05, 3.63) is 35.8 Å². The van der Waals surface area contributed by atoms with Crippen LogP contribution in [0.25, 0.3) is 10.9 Å². The minimum absolute atomic E-state index is 0.174. The molecular formula is C20H23FN4O3. The number of carbonyl (C=O) groups is 2. The maximum absolute atomic E-state index is 15.6. The maximum Gasteiger partial charge on any atom is 0.328 e. The Hall–Kier alpha value is -2.58. The van der Waals surface area contributed by atoms with Gasteiger partial charge in [0.1, 0.15) is 5.82 Å². The number of amides is 3. The third-order valence-electron chi connectivity index (χ3n) is 5.95. The second-order valence-corrected chi connectivity index (χ2v) is 8.11. The zero-order valence-electron chi connectivity index (χ0n) is 15.9. The molecule has 3 heterocycles. The van der Waals surface area contributed by atoms with Crippen molar-refractivity contribution < 1.29 is 19.1 Å². The first kappa shape index (κ1) is 18.8. The molecule has 2 aliphatic heterocycles. The van der Waals surface area contributed by atoms with E-state index in [0.29, 0.717) is 30.7 Å². The van der Waals surface area contributed by atoms with E-state index in [0.717, 1.165) is 0 Å². The fraction of sp³-hybridized carbons (Fsp3) is 0.450. The van der Waals surface area contributed by atoms with Gasteiger partial charge in [-0.1, -0.05) is 19.9 Å². The van der Waals surface area contributed by atoms with Crippen LogP contribution in [0.4, 0.5) is 14.9 Å².